The van der Waals surface area contributed by atoms with Crippen LogP contribution < -0.4 is 4.74 Å². The van der Waals surface area contributed by atoms with Crippen LogP contribution in [0.1, 0.15) is 55.5 Å². The molecule has 5 rings (SSSR count). The first-order valence-electron chi connectivity index (χ1n) is 14.3. The van der Waals surface area contributed by atoms with Gasteiger partial charge in [-0.2, -0.15) is 10.4 Å². The van der Waals surface area contributed by atoms with Crippen molar-refractivity contribution in [1.29, 1.82) is 5.26 Å². The average molecular weight is 649 g/mol. The number of phosphoric ester groups is 1. The molecular weight excluding hydrogens is 615 g/mol. The van der Waals surface area contributed by atoms with E-state index >= 15 is 0 Å². The molecule has 0 aromatic carbocycles. The minimum atomic E-state index is -4.55. The summed E-state index contributed by atoms with van der Waals surface area (Å²) in [7, 11) is -3.16. The summed E-state index contributed by atoms with van der Waals surface area (Å²) in [5.74, 6) is -0.740. The maximum Gasteiger partial charge on any atom is 0.474 e. The highest BCUT2D eigenvalue weighted by Crippen LogP contribution is 2.48. The van der Waals surface area contributed by atoms with E-state index in [0.717, 1.165) is 5.57 Å². The van der Waals surface area contributed by atoms with Crippen LogP contribution in [0.5, 0.6) is 5.75 Å². The number of hydrogen-bond acceptors (Lipinski definition) is 11. The molecule has 1 amide bonds. The highest BCUT2D eigenvalue weighted by Gasteiger charge is 2.33. The molecule has 1 N–H and O–H groups in total. The first kappa shape index (κ1) is 32.6. The Balaban J connectivity index is 1.51. The zero-order valence-corrected chi connectivity index (χ0v) is 26.9. The van der Waals surface area contributed by atoms with E-state index < -0.39 is 31.8 Å². The van der Waals surface area contributed by atoms with Gasteiger partial charge in [0.1, 0.15) is 36.2 Å². The quantitative estimate of drug-likeness (QED) is 0.119. The van der Waals surface area contributed by atoms with E-state index in [4.69, 9.17) is 13.8 Å². The van der Waals surface area contributed by atoms with Crippen LogP contribution in [0.3, 0.4) is 0 Å². The minimum Gasteiger partial charge on any atom is -0.494 e. The van der Waals surface area contributed by atoms with E-state index in [0.29, 0.717) is 29.9 Å². The first-order valence-corrected chi connectivity index (χ1v) is 15.8. The molecule has 0 radical (unpaired) electrons. The molecule has 1 unspecified atom stereocenters. The van der Waals surface area contributed by atoms with E-state index in [1.54, 1.807) is 52.1 Å². The number of aryl methyl sites for hydroxylation is 1. The van der Waals surface area contributed by atoms with E-state index in [1.807, 2.05) is 0 Å². The predicted octanol–water partition coefficient (Wildman–Crippen LogP) is 4.00. The molecule has 1 aliphatic heterocycles. The molecule has 1 atom stereocenters. The van der Waals surface area contributed by atoms with Crippen molar-refractivity contribution < 1.29 is 32.8 Å². The highest BCUT2D eigenvalue weighted by atomic mass is 31.2. The van der Waals surface area contributed by atoms with Gasteiger partial charge in [0.15, 0.2) is 5.82 Å². The van der Waals surface area contributed by atoms with E-state index in [1.165, 1.54) is 40.0 Å². The number of amides is 1. The lowest BCUT2D eigenvalue weighted by atomic mass is 9.95. The molecule has 1 saturated heterocycles. The summed E-state index contributed by atoms with van der Waals surface area (Å²) < 4.78 is 31.6. The Labute approximate surface area is 264 Å². The number of hydrogen-bond donors (Lipinski definition) is 1. The molecule has 0 saturated carbocycles. The smallest absolute Gasteiger partial charge is 0.474 e. The Kier molecular flexibility index (Phi) is 9.18. The van der Waals surface area contributed by atoms with Crippen molar-refractivity contribution in [2.75, 3.05) is 20.2 Å². The lowest BCUT2D eigenvalue weighted by molar-refractivity contribution is -0.126. The number of methoxy groups -OCH3 is 1. The maximum absolute atomic E-state index is 13.9. The van der Waals surface area contributed by atoms with Crippen molar-refractivity contribution in [3.05, 3.63) is 65.8 Å². The van der Waals surface area contributed by atoms with E-state index in [-0.39, 0.29) is 41.1 Å². The van der Waals surface area contributed by atoms with Crippen molar-refractivity contribution in [3.8, 4) is 17.6 Å². The Morgan fingerprint density at radius 2 is 1.89 bits per heavy atom. The zero-order chi connectivity index (χ0) is 33.2. The van der Waals surface area contributed by atoms with Crippen molar-refractivity contribution in [1.82, 2.24) is 34.2 Å². The number of nitriles is 1. The fraction of sp³-hybridized carbons (Fsp3) is 0.367. The Bertz CT molecular complexity index is 1910. The number of piperidine rings is 1. The largest absolute Gasteiger partial charge is 0.494 e. The van der Waals surface area contributed by atoms with Crippen LogP contribution in [0.15, 0.2) is 48.7 Å². The fourth-order valence-corrected chi connectivity index (χ4v) is 6.17. The van der Waals surface area contributed by atoms with Gasteiger partial charge >= 0.3 is 7.82 Å². The lowest BCUT2D eigenvalue weighted by Crippen LogP contribution is -2.40. The number of ether oxygens (including phenoxy) is 1. The standard InChI is InChI=1S/C30H33N8O7P/c1-19-34-17-38(35-19)28-26-25(24(43-5)15-33-28)22(16-37(26)18-44-46(41,42)45-30(2,3)4)27(39)29(40)36-12-9-20(10-13-36)21(14-31)23-8-6-7-11-32-23/h6-8,11,15-17H,9-10,12-13,18H2,1-5H3,(H,41,42). The van der Waals surface area contributed by atoms with Gasteiger partial charge in [-0.1, -0.05) is 6.07 Å². The molecule has 0 spiro atoms. The van der Waals surface area contributed by atoms with Gasteiger partial charge < -0.3 is 19.1 Å². The molecule has 240 valence electrons. The van der Waals surface area contributed by atoms with Crippen molar-refractivity contribution in [2.45, 2.75) is 52.9 Å². The van der Waals surface area contributed by atoms with Crippen LogP contribution in [-0.4, -0.2) is 76.6 Å². The minimum absolute atomic E-state index is 0.0296. The molecule has 5 heterocycles. The number of carbonyl (C=O) groups is 2. The molecular formula is C30H33N8O7P. The van der Waals surface area contributed by atoms with Crippen LogP contribution in [0.2, 0.25) is 0 Å². The monoisotopic (exact) mass is 648 g/mol. The third-order valence-electron chi connectivity index (χ3n) is 7.11. The number of pyridine rings is 2. The normalized spacial score (nSPS) is 15.0. The number of nitrogens with zero attached hydrogens (tertiary/aromatic N) is 8. The lowest BCUT2D eigenvalue weighted by Gasteiger charge is -2.28. The summed E-state index contributed by atoms with van der Waals surface area (Å²) in [6, 6.07) is 7.55. The second kappa shape index (κ2) is 12.9. The number of phosphoric acid groups is 1. The van der Waals surface area contributed by atoms with E-state index in [2.05, 4.69) is 26.1 Å². The van der Waals surface area contributed by atoms with Gasteiger partial charge in [0.05, 0.1) is 41.1 Å². The molecule has 15 nitrogen and oxygen atoms in total. The van der Waals surface area contributed by atoms with Crippen LogP contribution in [0, 0.1) is 18.3 Å². The zero-order valence-electron chi connectivity index (χ0n) is 26.0. The summed E-state index contributed by atoms with van der Waals surface area (Å²) in [6.45, 7) is 6.40. The van der Waals surface area contributed by atoms with Gasteiger partial charge in [0.25, 0.3) is 11.7 Å². The Hall–Kier alpha value is -4.74. The first-order chi connectivity index (χ1) is 21.8. The van der Waals surface area contributed by atoms with Crippen LogP contribution >= 0.6 is 7.82 Å². The third kappa shape index (κ3) is 6.90. The third-order valence-corrected chi connectivity index (χ3v) is 8.33. The molecule has 0 bridgehead atoms. The van der Waals surface area contributed by atoms with Gasteiger partial charge in [-0.25, -0.2) is 19.2 Å². The molecule has 4 aromatic heterocycles. The van der Waals surface area contributed by atoms with Crippen molar-refractivity contribution in [2.24, 2.45) is 0 Å². The van der Waals surface area contributed by atoms with Crippen LogP contribution in [0.4, 0.5) is 0 Å². The number of Topliss-reactive ketones (excluding diaryl/α,β-unsaturated/α-hetero) is 1. The number of carbonyl (C=O) groups excluding carboxylic acids is 2. The molecule has 46 heavy (non-hydrogen) atoms. The summed E-state index contributed by atoms with van der Waals surface area (Å²) in [5, 5.41) is 14.3. The van der Waals surface area contributed by atoms with Gasteiger partial charge in [0, 0.05) is 25.5 Å². The SMILES string of the molecule is COc1cnc(-n2cnc(C)n2)c2c1c(C(=O)C(=O)N1CCC(=C(C#N)c3ccccn3)CC1)cn2COP(=O)(O)OC(C)(C)C. The van der Waals surface area contributed by atoms with Crippen LogP contribution in [-0.2, 0) is 25.1 Å². The second-order valence-electron chi connectivity index (χ2n) is 11.5. The number of ketones is 1. The second-order valence-corrected chi connectivity index (χ2v) is 12.9. The molecule has 4 aromatic rings. The molecule has 0 aliphatic carbocycles. The fourth-order valence-electron chi connectivity index (χ4n) is 5.16. The molecule has 1 fully saturated rings. The van der Waals surface area contributed by atoms with E-state index in [9.17, 15) is 24.3 Å². The van der Waals surface area contributed by atoms with Gasteiger partial charge in [-0.15, -0.1) is 0 Å². The summed E-state index contributed by atoms with van der Waals surface area (Å²) in [6.07, 6.45) is 6.58. The summed E-state index contributed by atoms with van der Waals surface area (Å²) >= 11 is 0. The van der Waals surface area contributed by atoms with Gasteiger partial charge in [-0.05, 0) is 58.2 Å². The maximum atomic E-state index is 13.9. The molecule has 16 heteroatoms. The summed E-state index contributed by atoms with van der Waals surface area (Å²) in [5.41, 5.74) is 1.11. The van der Waals surface area contributed by atoms with Gasteiger partial charge in [-0.3, -0.25) is 23.6 Å². The molecule has 1 aliphatic rings. The summed E-state index contributed by atoms with van der Waals surface area (Å²) in [4.78, 5) is 52.3. The topological polar surface area (TPSA) is 188 Å². The number of allylic oxidation sites excluding steroid dienone is 1. The average Bonchev–Trinajstić information content (AvgIpc) is 3.63. The number of fused-ring (bicyclic) bond motifs is 1. The highest BCUT2D eigenvalue weighted by molar-refractivity contribution is 7.47. The van der Waals surface area contributed by atoms with Gasteiger partial charge in [0.2, 0.25) is 0 Å². The Morgan fingerprint density at radius 3 is 2.48 bits per heavy atom. The van der Waals surface area contributed by atoms with Crippen molar-refractivity contribution >= 4 is 36.0 Å². The number of likely N-dealkylation sites (tertiary alicyclic amines) is 1. The number of aromatic nitrogens is 6. The van der Waals surface area contributed by atoms with Crippen molar-refractivity contribution in [3.63, 3.8) is 0 Å². The Morgan fingerprint density at radius 1 is 1.15 bits per heavy atom. The van der Waals surface area contributed by atoms with Crippen LogP contribution in [0.25, 0.3) is 22.3 Å². The number of rotatable bonds is 9. The predicted molar refractivity (Wildman–Crippen MR) is 165 cm³/mol.